The molecule has 0 spiro atoms. The first-order valence-corrected chi connectivity index (χ1v) is 6.11. The van der Waals surface area contributed by atoms with Gasteiger partial charge in [-0.2, -0.15) is 0 Å². The number of nitrogens with zero attached hydrogens (tertiary/aromatic N) is 1. The number of thiocarbonyl (C=S) groups is 1. The number of rotatable bonds is 3. The van der Waals surface area contributed by atoms with Gasteiger partial charge in [0, 0.05) is 18.7 Å². The second kappa shape index (κ2) is 5.27. The zero-order valence-corrected chi connectivity index (χ0v) is 10.6. The van der Waals surface area contributed by atoms with E-state index in [0.717, 1.165) is 25.9 Å². The molecule has 0 radical (unpaired) electrons. The zero-order valence-electron chi connectivity index (χ0n) is 9.81. The monoisotopic (exact) mass is 249 g/mol. The summed E-state index contributed by atoms with van der Waals surface area (Å²) in [4.78, 5) is 14.6. The van der Waals surface area contributed by atoms with Crippen LogP contribution in [0.1, 0.15) is 23.2 Å². The van der Waals surface area contributed by atoms with E-state index in [1.165, 1.54) is 0 Å². The van der Waals surface area contributed by atoms with Gasteiger partial charge in [0.2, 0.25) is 5.78 Å². The summed E-state index contributed by atoms with van der Waals surface area (Å²) in [5.74, 6) is 0.598. The van der Waals surface area contributed by atoms with Crippen LogP contribution in [0.25, 0.3) is 0 Å². The molecular formula is C13H15NO2S. The second-order valence-corrected chi connectivity index (χ2v) is 4.45. The number of benzene rings is 1. The number of carbonyl (C=O) groups excluding carboxylic acids is 1. The molecule has 0 unspecified atom stereocenters. The van der Waals surface area contributed by atoms with Crippen molar-refractivity contribution in [3.05, 3.63) is 29.8 Å². The molecule has 17 heavy (non-hydrogen) atoms. The van der Waals surface area contributed by atoms with Crippen LogP contribution in [0, 0.1) is 0 Å². The van der Waals surface area contributed by atoms with Crippen LogP contribution in [0.3, 0.4) is 0 Å². The molecule has 1 aromatic rings. The zero-order chi connectivity index (χ0) is 12.3. The predicted molar refractivity (Wildman–Crippen MR) is 70.7 cm³/mol. The van der Waals surface area contributed by atoms with E-state index in [1.54, 1.807) is 25.3 Å². The lowest BCUT2D eigenvalue weighted by Gasteiger charge is -2.17. The van der Waals surface area contributed by atoms with Gasteiger partial charge in [0.1, 0.15) is 5.75 Å². The Morgan fingerprint density at radius 2 is 2.06 bits per heavy atom. The largest absolute Gasteiger partial charge is 0.497 e. The normalized spacial score (nSPS) is 14.8. The molecule has 1 aliphatic heterocycles. The molecule has 1 heterocycles. The molecule has 0 aromatic heterocycles. The third-order valence-corrected chi connectivity index (χ3v) is 3.36. The van der Waals surface area contributed by atoms with Crippen LogP contribution < -0.4 is 4.74 Å². The SMILES string of the molecule is COc1cccc(C(=O)C(=S)N2CCCC2)c1. The van der Waals surface area contributed by atoms with Gasteiger partial charge in [-0.15, -0.1) is 0 Å². The van der Waals surface area contributed by atoms with E-state index < -0.39 is 0 Å². The fourth-order valence-corrected chi connectivity index (χ4v) is 2.25. The minimum Gasteiger partial charge on any atom is -0.497 e. The number of ketones is 1. The minimum atomic E-state index is -0.0826. The Bertz CT molecular complexity index is 439. The first kappa shape index (κ1) is 12.0. The molecule has 1 saturated heterocycles. The fourth-order valence-electron chi connectivity index (χ4n) is 1.95. The lowest BCUT2D eigenvalue weighted by atomic mass is 10.1. The van der Waals surface area contributed by atoms with E-state index >= 15 is 0 Å². The van der Waals surface area contributed by atoms with Crippen molar-refractivity contribution in [1.82, 2.24) is 4.90 Å². The van der Waals surface area contributed by atoms with Gasteiger partial charge in [0.15, 0.2) is 4.99 Å². The van der Waals surface area contributed by atoms with Gasteiger partial charge < -0.3 is 9.64 Å². The maximum atomic E-state index is 12.2. The number of ether oxygens (including phenoxy) is 1. The third kappa shape index (κ3) is 2.64. The van der Waals surface area contributed by atoms with E-state index in [1.807, 2.05) is 11.0 Å². The maximum absolute atomic E-state index is 12.2. The van der Waals surface area contributed by atoms with Crippen molar-refractivity contribution in [2.75, 3.05) is 20.2 Å². The Hall–Kier alpha value is -1.42. The van der Waals surface area contributed by atoms with Gasteiger partial charge in [0.05, 0.1) is 7.11 Å². The lowest BCUT2D eigenvalue weighted by Crippen LogP contribution is -2.32. The number of carbonyl (C=O) groups is 1. The molecule has 3 nitrogen and oxygen atoms in total. The van der Waals surface area contributed by atoms with Crippen molar-refractivity contribution < 1.29 is 9.53 Å². The van der Waals surface area contributed by atoms with Gasteiger partial charge in [-0.25, -0.2) is 0 Å². The Balaban J connectivity index is 2.15. The molecule has 1 aliphatic rings. The van der Waals surface area contributed by atoms with Crippen LogP contribution in [-0.4, -0.2) is 35.9 Å². The van der Waals surface area contributed by atoms with Crippen LogP contribution in [0.5, 0.6) is 5.75 Å². The number of likely N-dealkylation sites (tertiary alicyclic amines) is 1. The van der Waals surface area contributed by atoms with Gasteiger partial charge in [-0.05, 0) is 25.0 Å². The highest BCUT2D eigenvalue weighted by atomic mass is 32.1. The summed E-state index contributed by atoms with van der Waals surface area (Å²) in [6, 6.07) is 7.12. The summed E-state index contributed by atoms with van der Waals surface area (Å²) in [5.41, 5.74) is 0.598. The molecule has 0 atom stereocenters. The molecule has 1 fully saturated rings. The van der Waals surface area contributed by atoms with Crippen molar-refractivity contribution >= 4 is 23.0 Å². The van der Waals surface area contributed by atoms with Crippen LogP contribution in [0.2, 0.25) is 0 Å². The molecule has 0 aliphatic carbocycles. The quantitative estimate of drug-likeness (QED) is 0.607. The number of hydrogen-bond donors (Lipinski definition) is 0. The number of Topliss-reactive ketones (excluding diaryl/α,β-unsaturated/α-hetero) is 1. The average Bonchev–Trinajstić information content (AvgIpc) is 2.91. The highest BCUT2D eigenvalue weighted by Gasteiger charge is 2.21. The average molecular weight is 249 g/mol. The van der Waals surface area contributed by atoms with E-state index in [-0.39, 0.29) is 5.78 Å². The molecule has 0 N–H and O–H groups in total. The molecule has 4 heteroatoms. The Kier molecular flexibility index (Phi) is 3.74. The molecule has 0 amide bonds. The summed E-state index contributed by atoms with van der Waals surface area (Å²) in [5, 5.41) is 0. The molecule has 0 saturated carbocycles. The van der Waals surface area contributed by atoms with Crippen molar-refractivity contribution in [3.8, 4) is 5.75 Å². The second-order valence-electron chi connectivity index (χ2n) is 4.06. The highest BCUT2D eigenvalue weighted by molar-refractivity contribution is 7.82. The van der Waals surface area contributed by atoms with Crippen LogP contribution in [0.4, 0.5) is 0 Å². The van der Waals surface area contributed by atoms with Crippen molar-refractivity contribution in [2.24, 2.45) is 0 Å². The van der Waals surface area contributed by atoms with Crippen molar-refractivity contribution in [3.63, 3.8) is 0 Å². The van der Waals surface area contributed by atoms with Crippen molar-refractivity contribution in [1.29, 1.82) is 0 Å². The van der Waals surface area contributed by atoms with Gasteiger partial charge >= 0.3 is 0 Å². The topological polar surface area (TPSA) is 29.5 Å². The molecular weight excluding hydrogens is 234 g/mol. The lowest BCUT2D eigenvalue weighted by molar-refractivity contribution is 0.105. The standard InChI is InChI=1S/C13H15NO2S/c1-16-11-6-4-5-10(9-11)12(15)13(17)14-7-2-3-8-14/h4-6,9H,2-3,7-8H2,1H3. The third-order valence-electron chi connectivity index (χ3n) is 2.92. The van der Waals surface area contributed by atoms with E-state index in [0.29, 0.717) is 16.3 Å². The summed E-state index contributed by atoms with van der Waals surface area (Å²) in [6.07, 6.45) is 2.23. The first-order chi connectivity index (χ1) is 8.22. The van der Waals surface area contributed by atoms with E-state index in [9.17, 15) is 4.79 Å². The summed E-state index contributed by atoms with van der Waals surface area (Å²) in [7, 11) is 1.59. The van der Waals surface area contributed by atoms with Crippen LogP contribution >= 0.6 is 12.2 Å². The first-order valence-electron chi connectivity index (χ1n) is 5.70. The predicted octanol–water partition coefficient (Wildman–Crippen LogP) is 2.30. The minimum absolute atomic E-state index is 0.0826. The van der Waals surface area contributed by atoms with Crippen LogP contribution in [-0.2, 0) is 0 Å². The highest BCUT2D eigenvalue weighted by Crippen LogP contribution is 2.16. The molecule has 90 valence electrons. The molecule has 2 rings (SSSR count). The molecule has 0 bridgehead atoms. The van der Waals surface area contributed by atoms with Gasteiger partial charge in [-0.1, -0.05) is 24.4 Å². The van der Waals surface area contributed by atoms with E-state index in [2.05, 4.69) is 0 Å². The maximum Gasteiger partial charge on any atom is 0.220 e. The molecule has 1 aromatic carbocycles. The Labute approximate surface area is 106 Å². The van der Waals surface area contributed by atoms with E-state index in [4.69, 9.17) is 17.0 Å². The van der Waals surface area contributed by atoms with Crippen LogP contribution in [0.15, 0.2) is 24.3 Å². The number of hydrogen-bond acceptors (Lipinski definition) is 3. The Morgan fingerprint density at radius 1 is 1.35 bits per heavy atom. The smallest absolute Gasteiger partial charge is 0.220 e. The summed E-state index contributed by atoms with van der Waals surface area (Å²) >= 11 is 5.23. The number of methoxy groups -OCH3 is 1. The summed E-state index contributed by atoms with van der Waals surface area (Å²) < 4.78 is 5.10. The Morgan fingerprint density at radius 3 is 2.71 bits per heavy atom. The summed E-state index contributed by atoms with van der Waals surface area (Å²) in [6.45, 7) is 1.79. The van der Waals surface area contributed by atoms with Crippen molar-refractivity contribution in [2.45, 2.75) is 12.8 Å². The van der Waals surface area contributed by atoms with Gasteiger partial charge in [0.25, 0.3) is 0 Å². The fraction of sp³-hybridized carbons (Fsp3) is 0.385. The van der Waals surface area contributed by atoms with Gasteiger partial charge in [-0.3, -0.25) is 4.79 Å².